The van der Waals surface area contributed by atoms with Crippen LogP contribution in [0.1, 0.15) is 43.2 Å². The van der Waals surface area contributed by atoms with E-state index in [9.17, 15) is 14.7 Å². The second-order valence-corrected chi connectivity index (χ2v) is 7.89. The predicted molar refractivity (Wildman–Crippen MR) is 126 cm³/mol. The van der Waals surface area contributed by atoms with Crippen LogP contribution in [0.4, 0.5) is 0 Å². The zero-order chi connectivity index (χ0) is 24.1. The normalized spacial score (nSPS) is 17.2. The van der Waals surface area contributed by atoms with Crippen molar-refractivity contribution >= 4 is 17.4 Å². The van der Waals surface area contributed by atoms with E-state index >= 15 is 0 Å². The minimum absolute atomic E-state index is 0.00638. The molecular formula is C27H27NO6. The Morgan fingerprint density at radius 2 is 1.65 bits per heavy atom. The molecule has 0 saturated carbocycles. The number of benzene rings is 2. The third kappa shape index (κ3) is 4.69. The van der Waals surface area contributed by atoms with Gasteiger partial charge in [-0.05, 0) is 67.4 Å². The topological polar surface area (TPSA) is 89.2 Å². The summed E-state index contributed by atoms with van der Waals surface area (Å²) >= 11 is 0. The van der Waals surface area contributed by atoms with E-state index in [0.29, 0.717) is 30.3 Å². The van der Waals surface area contributed by atoms with E-state index in [2.05, 4.69) is 0 Å². The fourth-order valence-electron chi connectivity index (χ4n) is 3.92. The molecule has 1 unspecified atom stereocenters. The van der Waals surface area contributed by atoms with Crippen LogP contribution in [0.25, 0.3) is 5.76 Å². The highest BCUT2D eigenvalue weighted by molar-refractivity contribution is 6.46. The Bertz CT molecular complexity index is 1160. The highest BCUT2D eigenvalue weighted by atomic mass is 16.5. The average molecular weight is 462 g/mol. The number of rotatable bonds is 9. The molecule has 0 aliphatic carbocycles. The number of carbonyl (C=O) groups is 2. The van der Waals surface area contributed by atoms with E-state index < -0.39 is 17.7 Å². The first kappa shape index (κ1) is 23.2. The monoisotopic (exact) mass is 461 g/mol. The van der Waals surface area contributed by atoms with Gasteiger partial charge in [0.15, 0.2) is 0 Å². The van der Waals surface area contributed by atoms with Gasteiger partial charge in [0, 0.05) is 12.1 Å². The molecule has 1 saturated heterocycles. The Morgan fingerprint density at radius 1 is 0.971 bits per heavy atom. The number of carbonyl (C=O) groups excluding carboxylic acids is 2. The van der Waals surface area contributed by atoms with Crippen LogP contribution >= 0.6 is 0 Å². The van der Waals surface area contributed by atoms with Crippen LogP contribution in [0.3, 0.4) is 0 Å². The van der Waals surface area contributed by atoms with Gasteiger partial charge in [0.05, 0.1) is 25.1 Å². The second-order valence-electron chi connectivity index (χ2n) is 7.89. The molecule has 176 valence electrons. The summed E-state index contributed by atoms with van der Waals surface area (Å²) in [4.78, 5) is 27.5. The summed E-state index contributed by atoms with van der Waals surface area (Å²) in [7, 11) is 0. The van der Waals surface area contributed by atoms with E-state index in [1.165, 1.54) is 11.2 Å². The molecule has 0 spiro atoms. The first-order chi connectivity index (χ1) is 16.5. The quantitative estimate of drug-likeness (QED) is 0.271. The maximum Gasteiger partial charge on any atom is 0.296 e. The number of ketones is 1. The predicted octanol–water partition coefficient (Wildman–Crippen LogP) is 5.09. The number of amides is 1. The van der Waals surface area contributed by atoms with Crippen LogP contribution in [0.5, 0.6) is 11.5 Å². The molecule has 34 heavy (non-hydrogen) atoms. The van der Waals surface area contributed by atoms with Crippen LogP contribution in [0.2, 0.25) is 0 Å². The van der Waals surface area contributed by atoms with Crippen molar-refractivity contribution in [2.24, 2.45) is 0 Å². The summed E-state index contributed by atoms with van der Waals surface area (Å²) in [6.45, 7) is 5.23. The molecule has 2 aromatic carbocycles. The number of Topliss-reactive ketones (excluding diaryl/α,β-unsaturated/α-hetero) is 1. The first-order valence-corrected chi connectivity index (χ1v) is 11.3. The lowest BCUT2D eigenvalue weighted by atomic mass is 9.99. The second kappa shape index (κ2) is 10.3. The van der Waals surface area contributed by atoms with Gasteiger partial charge in [-0.1, -0.05) is 19.1 Å². The van der Waals surface area contributed by atoms with Crippen LogP contribution in [0, 0.1) is 0 Å². The maximum absolute atomic E-state index is 13.1. The van der Waals surface area contributed by atoms with Gasteiger partial charge < -0.3 is 23.9 Å². The smallest absolute Gasteiger partial charge is 0.296 e. The third-order valence-electron chi connectivity index (χ3n) is 5.54. The summed E-state index contributed by atoms with van der Waals surface area (Å²) in [5.74, 6) is 0.0839. The molecule has 0 radical (unpaired) electrons. The molecule has 1 amide bonds. The largest absolute Gasteiger partial charge is 0.507 e. The van der Waals surface area contributed by atoms with E-state index in [4.69, 9.17) is 13.9 Å². The van der Waals surface area contributed by atoms with Gasteiger partial charge in [0.25, 0.3) is 11.7 Å². The van der Waals surface area contributed by atoms with Crippen LogP contribution in [0.15, 0.2) is 76.9 Å². The Morgan fingerprint density at radius 3 is 2.26 bits per heavy atom. The number of ether oxygens (including phenoxy) is 2. The van der Waals surface area contributed by atoms with Crippen molar-refractivity contribution < 1.29 is 28.6 Å². The van der Waals surface area contributed by atoms with Crippen molar-refractivity contribution in [3.63, 3.8) is 0 Å². The van der Waals surface area contributed by atoms with Gasteiger partial charge in [-0.15, -0.1) is 0 Å². The van der Waals surface area contributed by atoms with E-state index in [-0.39, 0.29) is 17.9 Å². The van der Waals surface area contributed by atoms with Crippen molar-refractivity contribution in [1.82, 2.24) is 4.90 Å². The summed E-state index contributed by atoms with van der Waals surface area (Å²) in [5, 5.41) is 11.1. The third-order valence-corrected chi connectivity index (χ3v) is 5.54. The van der Waals surface area contributed by atoms with Crippen molar-refractivity contribution in [1.29, 1.82) is 0 Å². The van der Waals surface area contributed by atoms with Gasteiger partial charge in [-0.25, -0.2) is 0 Å². The van der Waals surface area contributed by atoms with E-state index in [0.717, 1.165) is 17.7 Å². The lowest BCUT2D eigenvalue weighted by molar-refractivity contribution is -0.140. The molecule has 3 aromatic rings. The van der Waals surface area contributed by atoms with Crippen LogP contribution in [-0.4, -0.2) is 34.9 Å². The summed E-state index contributed by atoms with van der Waals surface area (Å²) < 4.78 is 16.6. The molecule has 1 aliphatic heterocycles. The Kier molecular flexibility index (Phi) is 7.01. The summed E-state index contributed by atoms with van der Waals surface area (Å²) in [6.07, 6.45) is 2.36. The molecule has 1 atom stereocenters. The highest BCUT2D eigenvalue weighted by Gasteiger charge is 2.47. The summed E-state index contributed by atoms with van der Waals surface area (Å²) in [6, 6.07) is 16.6. The Hall–Kier alpha value is -4.00. The molecule has 4 rings (SSSR count). The maximum atomic E-state index is 13.1. The number of nitrogens with zero attached hydrogens (tertiary/aromatic N) is 1. The fraction of sp³-hybridized carbons (Fsp3) is 0.259. The van der Waals surface area contributed by atoms with Crippen LogP contribution in [-0.2, 0) is 16.1 Å². The number of furan rings is 1. The number of aliphatic hydroxyl groups excluding tert-OH is 1. The zero-order valence-electron chi connectivity index (χ0n) is 19.2. The Labute approximate surface area is 198 Å². The van der Waals surface area contributed by atoms with Gasteiger partial charge in [0.1, 0.15) is 29.1 Å². The van der Waals surface area contributed by atoms with Gasteiger partial charge >= 0.3 is 0 Å². The van der Waals surface area contributed by atoms with Gasteiger partial charge in [-0.3, -0.25) is 9.59 Å². The molecule has 1 aliphatic rings. The van der Waals surface area contributed by atoms with Gasteiger partial charge in [0.2, 0.25) is 0 Å². The van der Waals surface area contributed by atoms with Gasteiger partial charge in [-0.2, -0.15) is 0 Å². The fourth-order valence-corrected chi connectivity index (χ4v) is 3.92. The zero-order valence-corrected chi connectivity index (χ0v) is 19.2. The number of hydrogen-bond donors (Lipinski definition) is 1. The minimum atomic E-state index is -0.849. The van der Waals surface area contributed by atoms with E-state index in [1.807, 2.05) is 38.1 Å². The SMILES string of the molecule is CCCOc1ccc(/C(O)=C2/C(=O)C(=O)N(Cc3ccc(OCC)cc3)C2c2ccco2)cc1. The molecule has 2 heterocycles. The standard InChI is InChI=1S/C27H27NO6/c1-3-15-33-21-13-9-19(10-14-21)25(29)23-24(22-6-5-16-34-22)28(27(31)26(23)30)17-18-7-11-20(12-8-18)32-4-2/h5-14,16,24,29H,3-4,15,17H2,1-2H3/b25-23-. The molecule has 1 N–H and O–H groups in total. The van der Waals surface area contributed by atoms with Crippen LogP contribution < -0.4 is 9.47 Å². The lowest BCUT2D eigenvalue weighted by Crippen LogP contribution is -2.29. The van der Waals surface area contributed by atoms with Crippen molar-refractivity contribution in [2.45, 2.75) is 32.9 Å². The lowest BCUT2D eigenvalue weighted by Gasteiger charge is -2.23. The number of aliphatic hydroxyl groups is 1. The Balaban J connectivity index is 1.69. The highest BCUT2D eigenvalue weighted by Crippen LogP contribution is 2.40. The van der Waals surface area contributed by atoms with E-state index in [1.54, 1.807) is 36.4 Å². The minimum Gasteiger partial charge on any atom is -0.507 e. The molecule has 1 aromatic heterocycles. The molecule has 1 fully saturated rings. The number of likely N-dealkylation sites (tertiary alicyclic amines) is 1. The average Bonchev–Trinajstić information content (AvgIpc) is 3.47. The molecule has 0 bridgehead atoms. The van der Waals surface area contributed by atoms with Crippen molar-refractivity contribution in [3.8, 4) is 11.5 Å². The van der Waals surface area contributed by atoms with Crippen molar-refractivity contribution in [2.75, 3.05) is 13.2 Å². The van der Waals surface area contributed by atoms with Crippen molar-refractivity contribution in [3.05, 3.63) is 89.4 Å². The summed E-state index contributed by atoms with van der Waals surface area (Å²) in [5.41, 5.74) is 1.23. The first-order valence-electron chi connectivity index (χ1n) is 11.3. The molecule has 7 heteroatoms. The molecule has 7 nitrogen and oxygen atoms in total. The number of hydrogen-bond acceptors (Lipinski definition) is 6. The molecular weight excluding hydrogens is 434 g/mol.